The summed E-state index contributed by atoms with van der Waals surface area (Å²) in [6, 6.07) is 20.2. The maximum atomic E-state index is 12.9. The predicted octanol–water partition coefficient (Wildman–Crippen LogP) is 5.29. The topological polar surface area (TPSA) is 79.8 Å². The van der Waals surface area contributed by atoms with Crippen molar-refractivity contribution in [3.8, 4) is 5.75 Å². The Morgan fingerprint density at radius 3 is 2.35 bits per heavy atom. The van der Waals surface area contributed by atoms with Crippen molar-refractivity contribution in [3.63, 3.8) is 0 Å². The zero-order valence-corrected chi connectivity index (χ0v) is 20.4. The summed E-state index contributed by atoms with van der Waals surface area (Å²) in [5.74, 6) is -0.670. The number of hydrogen-bond donors (Lipinski definition) is 2. The van der Waals surface area contributed by atoms with Crippen molar-refractivity contribution in [3.05, 3.63) is 99.0 Å². The van der Waals surface area contributed by atoms with E-state index in [1.807, 2.05) is 36.4 Å². The summed E-state index contributed by atoms with van der Waals surface area (Å²) in [5.41, 5.74) is 3.98. The molecule has 0 aliphatic carbocycles. The van der Waals surface area contributed by atoms with E-state index in [4.69, 9.17) is 39.5 Å². The van der Waals surface area contributed by atoms with Gasteiger partial charge >= 0.3 is 0 Å². The Bertz CT molecular complexity index is 1170. The van der Waals surface area contributed by atoms with Crippen LogP contribution < -0.4 is 15.5 Å². The molecule has 0 bridgehead atoms. The zero-order valence-electron chi connectivity index (χ0n) is 18.2. The number of nitrogens with one attached hydrogen (secondary N) is 2. The normalized spacial score (nSPS) is 12.7. The highest BCUT2D eigenvalue weighted by atomic mass is 35.5. The van der Waals surface area contributed by atoms with Crippen molar-refractivity contribution in [2.45, 2.75) is 25.5 Å². The third-order valence-electron chi connectivity index (χ3n) is 4.77. The number of benzene rings is 3. The summed E-state index contributed by atoms with van der Waals surface area (Å²) >= 11 is 18.1. The number of carbonyl (C=O) groups is 2. The molecule has 0 spiro atoms. The molecule has 176 valence electrons. The largest absolute Gasteiger partial charge is 0.479 e. The van der Waals surface area contributed by atoms with E-state index in [-0.39, 0.29) is 11.4 Å². The van der Waals surface area contributed by atoms with E-state index in [0.717, 1.165) is 5.56 Å². The van der Waals surface area contributed by atoms with E-state index in [0.29, 0.717) is 21.4 Å². The van der Waals surface area contributed by atoms with E-state index >= 15 is 0 Å². The summed E-state index contributed by atoms with van der Waals surface area (Å²) in [6.07, 6.45) is 0.779. The van der Waals surface area contributed by atoms with Crippen LogP contribution in [-0.4, -0.2) is 30.2 Å². The van der Waals surface area contributed by atoms with Gasteiger partial charge in [-0.05, 0) is 36.8 Å². The van der Waals surface area contributed by atoms with Crippen LogP contribution >= 0.6 is 34.8 Å². The molecule has 0 aliphatic heterocycles. The van der Waals surface area contributed by atoms with Gasteiger partial charge in [0.05, 0.1) is 11.2 Å². The van der Waals surface area contributed by atoms with Crippen molar-refractivity contribution in [2.75, 3.05) is 0 Å². The van der Waals surface area contributed by atoms with Crippen LogP contribution in [0.1, 0.15) is 18.1 Å². The Hall–Kier alpha value is -3.06. The molecule has 9 heteroatoms. The van der Waals surface area contributed by atoms with E-state index in [9.17, 15) is 9.59 Å². The molecule has 0 saturated heterocycles. The maximum absolute atomic E-state index is 12.9. The van der Waals surface area contributed by atoms with Crippen LogP contribution in [0.25, 0.3) is 0 Å². The quantitative estimate of drug-likeness (QED) is 0.298. The molecule has 0 unspecified atom stereocenters. The lowest BCUT2D eigenvalue weighted by molar-refractivity contribution is -0.132. The van der Waals surface area contributed by atoms with Gasteiger partial charge in [-0.1, -0.05) is 83.3 Å². The van der Waals surface area contributed by atoms with E-state index in [1.54, 1.807) is 37.3 Å². The molecule has 0 saturated carbocycles. The van der Waals surface area contributed by atoms with Crippen LogP contribution in [-0.2, 0) is 16.0 Å². The van der Waals surface area contributed by atoms with Gasteiger partial charge in [-0.2, -0.15) is 5.10 Å². The Morgan fingerprint density at radius 2 is 1.65 bits per heavy atom. The fraction of sp³-hybridized carbons (Fsp3) is 0.160. The molecule has 0 aromatic heterocycles. The van der Waals surface area contributed by atoms with Gasteiger partial charge in [-0.15, -0.1) is 0 Å². The van der Waals surface area contributed by atoms with Gasteiger partial charge in [0, 0.05) is 22.0 Å². The van der Waals surface area contributed by atoms with Crippen molar-refractivity contribution in [1.29, 1.82) is 0 Å². The van der Waals surface area contributed by atoms with Gasteiger partial charge in [0.1, 0.15) is 11.8 Å². The zero-order chi connectivity index (χ0) is 24.5. The molecule has 3 aromatic rings. The summed E-state index contributed by atoms with van der Waals surface area (Å²) < 4.78 is 5.67. The molecule has 3 aromatic carbocycles. The molecule has 0 radical (unpaired) electrons. The first kappa shape index (κ1) is 25.6. The van der Waals surface area contributed by atoms with E-state index in [2.05, 4.69) is 15.8 Å². The minimum Gasteiger partial charge on any atom is -0.479 e. The average molecular weight is 519 g/mol. The molecule has 3 rings (SSSR count). The second-order valence-electron chi connectivity index (χ2n) is 7.34. The van der Waals surface area contributed by atoms with Crippen molar-refractivity contribution in [2.24, 2.45) is 5.10 Å². The van der Waals surface area contributed by atoms with E-state index < -0.39 is 24.0 Å². The van der Waals surface area contributed by atoms with Crippen LogP contribution in [0.3, 0.4) is 0 Å². The van der Waals surface area contributed by atoms with Gasteiger partial charge in [-0.3, -0.25) is 9.59 Å². The standard InChI is InChI=1S/C25H22Cl3N3O3/c1-16(34-23-12-11-19(26)14-21(23)28)24(32)30-22(13-17-7-3-2-4-8-17)25(33)31-29-15-18-9-5-6-10-20(18)27/h2-12,14-16,22H,13H2,1H3,(H,30,32)(H,31,33)/b29-15-/t16-,22+/m1/s1. The fourth-order valence-electron chi connectivity index (χ4n) is 2.99. The smallest absolute Gasteiger partial charge is 0.262 e. The lowest BCUT2D eigenvalue weighted by Crippen LogP contribution is -2.50. The molecule has 0 fully saturated rings. The maximum Gasteiger partial charge on any atom is 0.262 e. The summed E-state index contributed by atoms with van der Waals surface area (Å²) in [5, 5.41) is 7.94. The van der Waals surface area contributed by atoms with Crippen LogP contribution in [0.5, 0.6) is 5.75 Å². The molecular formula is C25H22Cl3N3O3. The van der Waals surface area contributed by atoms with Crippen molar-refractivity contribution >= 4 is 52.8 Å². The first-order valence-corrected chi connectivity index (χ1v) is 11.5. The minimum absolute atomic E-state index is 0.258. The third kappa shape index (κ3) is 7.48. The number of amides is 2. The second-order valence-corrected chi connectivity index (χ2v) is 8.59. The number of rotatable bonds is 9. The molecule has 6 nitrogen and oxygen atoms in total. The van der Waals surface area contributed by atoms with Crippen molar-refractivity contribution < 1.29 is 14.3 Å². The molecular weight excluding hydrogens is 497 g/mol. The van der Waals surface area contributed by atoms with Gasteiger partial charge in [0.25, 0.3) is 11.8 Å². The molecule has 34 heavy (non-hydrogen) atoms. The number of nitrogens with zero attached hydrogens (tertiary/aromatic N) is 1. The van der Waals surface area contributed by atoms with Crippen LogP contribution in [0.4, 0.5) is 0 Å². The van der Waals surface area contributed by atoms with Crippen LogP contribution in [0.15, 0.2) is 77.9 Å². The number of ether oxygens (including phenoxy) is 1. The molecule has 2 amide bonds. The second kappa shape index (κ2) is 12.4. The van der Waals surface area contributed by atoms with Gasteiger partial charge in [0.15, 0.2) is 6.10 Å². The summed E-state index contributed by atoms with van der Waals surface area (Å²) in [6.45, 7) is 1.56. The number of hydrazone groups is 1. The average Bonchev–Trinajstić information content (AvgIpc) is 2.82. The highest BCUT2D eigenvalue weighted by Crippen LogP contribution is 2.28. The lowest BCUT2D eigenvalue weighted by Gasteiger charge is -2.21. The van der Waals surface area contributed by atoms with Crippen LogP contribution in [0, 0.1) is 0 Å². The third-order valence-corrected chi connectivity index (χ3v) is 5.64. The first-order valence-electron chi connectivity index (χ1n) is 10.4. The monoisotopic (exact) mass is 517 g/mol. The first-order chi connectivity index (χ1) is 16.3. The minimum atomic E-state index is -0.920. The van der Waals surface area contributed by atoms with Crippen molar-refractivity contribution in [1.82, 2.24) is 10.7 Å². The Morgan fingerprint density at radius 1 is 0.941 bits per heavy atom. The highest BCUT2D eigenvalue weighted by Gasteiger charge is 2.25. The Labute approximate surface area is 212 Å². The molecule has 2 N–H and O–H groups in total. The SMILES string of the molecule is C[C@@H](Oc1ccc(Cl)cc1Cl)C(=O)N[C@@H](Cc1ccccc1)C(=O)N/N=C\c1ccccc1Cl. The fourth-order valence-corrected chi connectivity index (χ4v) is 3.62. The van der Waals surface area contributed by atoms with Gasteiger partial charge in [0.2, 0.25) is 0 Å². The van der Waals surface area contributed by atoms with E-state index in [1.165, 1.54) is 12.3 Å². The van der Waals surface area contributed by atoms with Gasteiger partial charge < -0.3 is 10.1 Å². The Balaban J connectivity index is 1.69. The van der Waals surface area contributed by atoms with Gasteiger partial charge in [-0.25, -0.2) is 5.43 Å². The Kier molecular flexibility index (Phi) is 9.33. The molecule has 0 aliphatic rings. The molecule has 0 heterocycles. The summed E-state index contributed by atoms with van der Waals surface area (Å²) in [7, 11) is 0. The predicted molar refractivity (Wildman–Crippen MR) is 136 cm³/mol. The summed E-state index contributed by atoms with van der Waals surface area (Å²) in [4.78, 5) is 25.7. The number of hydrogen-bond acceptors (Lipinski definition) is 4. The lowest BCUT2D eigenvalue weighted by atomic mass is 10.1. The number of carbonyl (C=O) groups excluding carboxylic acids is 2. The van der Waals surface area contributed by atoms with Crippen LogP contribution in [0.2, 0.25) is 15.1 Å². The number of halogens is 3. The highest BCUT2D eigenvalue weighted by molar-refractivity contribution is 6.35. The molecule has 2 atom stereocenters.